The van der Waals surface area contributed by atoms with Gasteiger partial charge in [0, 0.05) is 5.92 Å². The van der Waals surface area contributed by atoms with Crippen molar-refractivity contribution in [2.75, 3.05) is 33.0 Å². The minimum atomic E-state index is -0.302. The molecule has 0 bridgehead atoms. The summed E-state index contributed by atoms with van der Waals surface area (Å²) in [5.41, 5.74) is 10.2. The van der Waals surface area contributed by atoms with Crippen molar-refractivity contribution in [1.29, 1.82) is 0 Å². The number of ether oxygens (including phenoxy) is 5. The Hall–Kier alpha value is -4.98. The van der Waals surface area contributed by atoms with Gasteiger partial charge in [0.2, 0.25) is 0 Å². The third kappa shape index (κ3) is 12.0. The van der Waals surface area contributed by atoms with Gasteiger partial charge in [-0.3, -0.25) is 0 Å². The van der Waals surface area contributed by atoms with E-state index in [0.29, 0.717) is 69.2 Å². The molecule has 2 fully saturated rings. The van der Waals surface area contributed by atoms with Crippen LogP contribution in [-0.2, 0) is 38.6 Å². The van der Waals surface area contributed by atoms with Crippen LogP contribution in [0.5, 0.6) is 5.75 Å². The first kappa shape index (κ1) is 40.7. The molecule has 4 aromatic rings. The lowest BCUT2D eigenvalue weighted by Crippen LogP contribution is -2.23. The Bertz CT molecular complexity index is 1840. The molecule has 2 aliphatic carbocycles. The summed E-state index contributed by atoms with van der Waals surface area (Å²) >= 11 is 0. The second-order valence-corrected chi connectivity index (χ2v) is 15.6. The second-order valence-electron chi connectivity index (χ2n) is 15.6. The highest BCUT2D eigenvalue weighted by molar-refractivity contribution is 5.89. The predicted molar refractivity (Wildman–Crippen MR) is 221 cm³/mol. The Balaban J connectivity index is 1.02. The third-order valence-corrected chi connectivity index (χ3v) is 10.8. The molecule has 2 aliphatic rings. The molecule has 0 radical (unpaired) electrons. The minimum absolute atomic E-state index is 0.0571. The molecule has 0 N–H and O–H groups in total. The van der Waals surface area contributed by atoms with E-state index in [-0.39, 0.29) is 17.9 Å². The van der Waals surface area contributed by atoms with Gasteiger partial charge < -0.3 is 23.7 Å². The highest BCUT2D eigenvalue weighted by Gasteiger charge is 2.21. The van der Waals surface area contributed by atoms with Crippen LogP contribution in [-0.4, -0.2) is 45.0 Å². The molecule has 56 heavy (non-hydrogen) atoms. The molecule has 294 valence electrons. The van der Waals surface area contributed by atoms with Crippen molar-refractivity contribution in [3.05, 3.63) is 149 Å². The van der Waals surface area contributed by atoms with E-state index in [1.165, 1.54) is 22.3 Å². The first-order valence-electron chi connectivity index (χ1n) is 20.1. The van der Waals surface area contributed by atoms with E-state index >= 15 is 0 Å². The Morgan fingerprint density at radius 3 is 1.62 bits per heavy atom. The summed E-state index contributed by atoms with van der Waals surface area (Å²) in [6.45, 7) is 15.2. The number of esters is 2. The standard InChI is InChI=1S/C49H56O7/c1-5-42-26-46(43-16-8-34(2)9-17-43)22-23-47(42)54-33-41(29-52-27-37-12-18-44(19-13-37)48(50)55-31-39-10-6-35(3)24-39)30-53-28-38-14-20-45(21-15-38)49(51)56-32-40-11-7-36(4)25-40/h8-9,12-23,26,39-41H,3-7,10-11,24-25,27-33H2,1-2H3. The first-order chi connectivity index (χ1) is 27.2. The van der Waals surface area contributed by atoms with Crippen LogP contribution in [0.4, 0.5) is 0 Å². The second kappa shape index (κ2) is 20.3. The number of hydrogen-bond acceptors (Lipinski definition) is 7. The van der Waals surface area contributed by atoms with Crippen molar-refractivity contribution in [2.45, 2.75) is 72.0 Å². The van der Waals surface area contributed by atoms with Crippen LogP contribution in [0.15, 0.2) is 115 Å². The lowest BCUT2D eigenvalue weighted by Gasteiger charge is -2.20. The zero-order valence-corrected chi connectivity index (χ0v) is 33.1. The van der Waals surface area contributed by atoms with Gasteiger partial charge in [-0.1, -0.05) is 91.4 Å². The fraction of sp³-hybridized carbons (Fsp3) is 0.388. The molecule has 2 atom stereocenters. The van der Waals surface area contributed by atoms with Gasteiger partial charge in [0.1, 0.15) is 5.75 Å². The van der Waals surface area contributed by atoms with Crippen LogP contribution >= 0.6 is 0 Å². The van der Waals surface area contributed by atoms with E-state index < -0.39 is 0 Å². The number of hydrogen-bond donors (Lipinski definition) is 0. The molecular weight excluding hydrogens is 701 g/mol. The largest absolute Gasteiger partial charge is 0.493 e. The van der Waals surface area contributed by atoms with Crippen LogP contribution in [0, 0.1) is 24.7 Å². The molecular formula is C49H56O7. The fourth-order valence-electron chi connectivity index (χ4n) is 7.31. The summed E-state index contributed by atoms with van der Waals surface area (Å²) in [4.78, 5) is 25.3. The van der Waals surface area contributed by atoms with Gasteiger partial charge in [-0.15, -0.1) is 0 Å². The summed E-state index contributed by atoms with van der Waals surface area (Å²) in [5.74, 6) is 0.936. The van der Waals surface area contributed by atoms with Gasteiger partial charge in [0.15, 0.2) is 0 Å². The highest BCUT2D eigenvalue weighted by Crippen LogP contribution is 2.31. The molecule has 0 aliphatic heterocycles. The zero-order valence-electron chi connectivity index (χ0n) is 33.1. The molecule has 0 aromatic heterocycles. The lowest BCUT2D eigenvalue weighted by molar-refractivity contribution is 0.00961. The van der Waals surface area contributed by atoms with E-state index in [4.69, 9.17) is 23.7 Å². The van der Waals surface area contributed by atoms with Crippen LogP contribution in [0.25, 0.3) is 11.1 Å². The number of allylic oxidation sites excluding steroid dienone is 2. The monoisotopic (exact) mass is 756 g/mol. The van der Waals surface area contributed by atoms with E-state index in [9.17, 15) is 9.59 Å². The van der Waals surface area contributed by atoms with Crippen molar-refractivity contribution < 1.29 is 33.3 Å². The normalized spacial score (nSPS) is 17.2. The highest BCUT2D eigenvalue weighted by atomic mass is 16.5. The summed E-state index contributed by atoms with van der Waals surface area (Å²) in [6, 6.07) is 29.7. The lowest BCUT2D eigenvalue weighted by atomic mass is 10.0. The minimum Gasteiger partial charge on any atom is -0.493 e. The van der Waals surface area contributed by atoms with Crippen molar-refractivity contribution in [2.24, 2.45) is 17.8 Å². The number of carbonyl (C=O) groups is 2. The molecule has 7 nitrogen and oxygen atoms in total. The fourth-order valence-corrected chi connectivity index (χ4v) is 7.31. The van der Waals surface area contributed by atoms with Crippen LogP contribution in [0.3, 0.4) is 0 Å². The van der Waals surface area contributed by atoms with Gasteiger partial charge in [0.05, 0.1) is 57.4 Å². The van der Waals surface area contributed by atoms with Gasteiger partial charge in [-0.25, -0.2) is 9.59 Å². The number of aryl methyl sites for hydroxylation is 2. The van der Waals surface area contributed by atoms with Gasteiger partial charge in [-0.05, 0) is 128 Å². The molecule has 6 rings (SSSR count). The van der Waals surface area contributed by atoms with Gasteiger partial charge in [-0.2, -0.15) is 0 Å². The van der Waals surface area contributed by atoms with Crippen LogP contribution < -0.4 is 4.74 Å². The van der Waals surface area contributed by atoms with E-state index in [0.717, 1.165) is 72.9 Å². The molecule has 0 saturated heterocycles. The van der Waals surface area contributed by atoms with Gasteiger partial charge >= 0.3 is 11.9 Å². The van der Waals surface area contributed by atoms with E-state index in [1.54, 1.807) is 24.3 Å². The predicted octanol–water partition coefficient (Wildman–Crippen LogP) is 10.7. The van der Waals surface area contributed by atoms with Crippen molar-refractivity contribution in [3.63, 3.8) is 0 Å². The number of benzene rings is 4. The Morgan fingerprint density at radius 2 is 1.16 bits per heavy atom. The zero-order chi connectivity index (χ0) is 39.3. The smallest absolute Gasteiger partial charge is 0.338 e. The Kier molecular flexibility index (Phi) is 14.7. The van der Waals surface area contributed by atoms with E-state index in [1.807, 2.05) is 24.3 Å². The van der Waals surface area contributed by atoms with Crippen molar-refractivity contribution in [1.82, 2.24) is 0 Å². The summed E-state index contributed by atoms with van der Waals surface area (Å²) in [6.07, 6.45) is 6.80. The van der Waals surface area contributed by atoms with Crippen molar-refractivity contribution in [3.8, 4) is 16.9 Å². The molecule has 2 saturated carbocycles. The third-order valence-electron chi connectivity index (χ3n) is 10.8. The van der Waals surface area contributed by atoms with Crippen LogP contribution in [0.2, 0.25) is 0 Å². The topological polar surface area (TPSA) is 80.3 Å². The molecule has 0 spiro atoms. The average molecular weight is 757 g/mol. The number of carbonyl (C=O) groups excluding carboxylic acids is 2. The van der Waals surface area contributed by atoms with Crippen LogP contribution in [0.1, 0.15) is 88.4 Å². The SMILES string of the molecule is C=C1CCC(COC(=O)c2ccc(COCC(COCc3ccc(C(=O)OCC4CCC(=C)C4)cc3)COc3ccc(-c4ccc(C)cc4)cc3CC)cc2)C1. The quantitative estimate of drug-likeness (QED) is 0.0696. The maximum absolute atomic E-state index is 12.6. The summed E-state index contributed by atoms with van der Waals surface area (Å²) in [7, 11) is 0. The average Bonchev–Trinajstić information content (AvgIpc) is 3.85. The summed E-state index contributed by atoms with van der Waals surface area (Å²) in [5, 5.41) is 0. The molecule has 7 heteroatoms. The molecule has 0 heterocycles. The molecule has 4 aromatic carbocycles. The first-order valence-corrected chi connectivity index (χ1v) is 20.1. The molecule has 0 amide bonds. The van der Waals surface area contributed by atoms with E-state index in [2.05, 4.69) is 69.5 Å². The maximum Gasteiger partial charge on any atom is 0.338 e. The van der Waals surface area contributed by atoms with Crippen molar-refractivity contribution >= 4 is 11.9 Å². The number of rotatable bonds is 19. The Labute approximate surface area is 332 Å². The maximum atomic E-state index is 12.6. The van der Waals surface area contributed by atoms with Gasteiger partial charge in [0.25, 0.3) is 0 Å². The Morgan fingerprint density at radius 1 is 0.661 bits per heavy atom. The molecule has 2 unspecified atom stereocenters. The summed E-state index contributed by atoms with van der Waals surface area (Å²) < 4.78 is 30.0.